The van der Waals surface area contributed by atoms with Gasteiger partial charge in [0.15, 0.2) is 0 Å². The molecule has 0 amide bonds. The fourth-order valence-electron chi connectivity index (χ4n) is 2.42. The second-order valence-electron chi connectivity index (χ2n) is 5.53. The molecule has 0 aromatic heterocycles. The molecule has 3 aromatic carbocycles. The van der Waals surface area contributed by atoms with Gasteiger partial charge in [0.2, 0.25) is 0 Å². The Labute approximate surface area is 155 Å². The van der Waals surface area contributed by atoms with Crippen LogP contribution in [-0.2, 0) is 4.74 Å². The number of carbonyl (C=O) groups is 1. The zero-order valence-electron chi connectivity index (χ0n) is 13.6. The molecule has 3 rings (SSSR count). The number of benzene rings is 3. The third-order valence-corrected chi connectivity index (χ3v) is 4.25. The summed E-state index contributed by atoms with van der Waals surface area (Å²) in [6, 6.07) is 27.1. The van der Waals surface area contributed by atoms with Crippen molar-refractivity contribution in [2.75, 3.05) is 6.61 Å². The molecule has 0 saturated heterocycles. The van der Waals surface area contributed by atoms with E-state index in [1.54, 1.807) is 12.1 Å². The van der Waals surface area contributed by atoms with Crippen LogP contribution in [0.1, 0.15) is 21.5 Å². The second kappa shape index (κ2) is 8.45. The summed E-state index contributed by atoms with van der Waals surface area (Å²) in [5.41, 5.74) is 3.60. The normalized spacial score (nSPS) is 11.2. The summed E-state index contributed by atoms with van der Waals surface area (Å²) in [5, 5.41) is 0. The molecule has 0 fully saturated rings. The molecule has 0 bridgehead atoms. The summed E-state index contributed by atoms with van der Waals surface area (Å²) in [7, 11) is 0. The van der Waals surface area contributed by atoms with Crippen molar-refractivity contribution < 1.29 is 9.53 Å². The van der Waals surface area contributed by atoms with Gasteiger partial charge in [0.1, 0.15) is 6.61 Å². The van der Waals surface area contributed by atoms with Crippen LogP contribution < -0.4 is 0 Å². The molecule has 0 aliphatic rings. The maximum atomic E-state index is 12.3. The minimum atomic E-state index is -0.331. The maximum Gasteiger partial charge on any atom is 0.338 e. The first-order chi connectivity index (χ1) is 12.2. The van der Waals surface area contributed by atoms with E-state index in [2.05, 4.69) is 15.9 Å². The standard InChI is InChI=1S/C22H17BrO2/c23-21-13-11-19(12-14-21)22(24)25-16-20(18-9-5-2-6-10-18)15-17-7-3-1-4-8-17/h1-15H,16H2/b20-15-. The Morgan fingerprint density at radius 2 is 1.40 bits per heavy atom. The van der Waals surface area contributed by atoms with Gasteiger partial charge in [-0.3, -0.25) is 0 Å². The molecular formula is C22H17BrO2. The van der Waals surface area contributed by atoms with Crippen LogP contribution in [0.3, 0.4) is 0 Å². The molecule has 3 aromatic rings. The van der Waals surface area contributed by atoms with Crippen molar-refractivity contribution in [3.63, 3.8) is 0 Å². The molecule has 0 spiro atoms. The van der Waals surface area contributed by atoms with Gasteiger partial charge < -0.3 is 4.74 Å². The van der Waals surface area contributed by atoms with Crippen LogP contribution in [0.15, 0.2) is 89.4 Å². The van der Waals surface area contributed by atoms with Gasteiger partial charge in [-0.1, -0.05) is 76.6 Å². The van der Waals surface area contributed by atoms with Gasteiger partial charge in [-0.15, -0.1) is 0 Å². The Kier molecular flexibility index (Phi) is 5.81. The molecule has 0 unspecified atom stereocenters. The molecule has 0 N–H and O–H groups in total. The highest BCUT2D eigenvalue weighted by atomic mass is 79.9. The van der Waals surface area contributed by atoms with Crippen molar-refractivity contribution in [3.8, 4) is 0 Å². The first-order valence-corrected chi connectivity index (χ1v) is 8.75. The molecule has 0 heterocycles. The van der Waals surface area contributed by atoms with Crippen molar-refractivity contribution in [2.24, 2.45) is 0 Å². The van der Waals surface area contributed by atoms with Gasteiger partial charge >= 0.3 is 5.97 Å². The van der Waals surface area contributed by atoms with Crippen molar-refractivity contribution >= 4 is 33.5 Å². The highest BCUT2D eigenvalue weighted by Gasteiger charge is 2.09. The molecule has 3 heteroatoms. The SMILES string of the molecule is O=C(OC/C(=C/c1ccccc1)c1ccccc1)c1ccc(Br)cc1. The van der Waals surface area contributed by atoms with Gasteiger partial charge in [0.05, 0.1) is 5.56 Å². The molecule has 0 radical (unpaired) electrons. The Bertz CT molecular complexity index is 854. The van der Waals surface area contributed by atoms with Crippen LogP contribution in [0.5, 0.6) is 0 Å². The van der Waals surface area contributed by atoms with Crippen molar-refractivity contribution in [3.05, 3.63) is 106 Å². The number of ether oxygens (including phenoxy) is 1. The third kappa shape index (κ3) is 4.91. The lowest BCUT2D eigenvalue weighted by molar-refractivity contribution is 0.0557. The van der Waals surface area contributed by atoms with Gasteiger partial charge in [-0.05, 0) is 47.0 Å². The topological polar surface area (TPSA) is 26.3 Å². The van der Waals surface area contributed by atoms with E-state index in [0.717, 1.165) is 21.2 Å². The lowest BCUT2D eigenvalue weighted by atomic mass is 10.0. The first-order valence-electron chi connectivity index (χ1n) is 7.96. The number of halogens is 1. The van der Waals surface area contributed by atoms with Gasteiger partial charge in [0, 0.05) is 4.47 Å². The van der Waals surface area contributed by atoms with E-state index in [9.17, 15) is 4.79 Å². The Balaban J connectivity index is 1.80. The predicted octanol–water partition coefficient (Wildman–Crippen LogP) is 5.85. The monoisotopic (exact) mass is 392 g/mol. The zero-order valence-corrected chi connectivity index (χ0v) is 15.1. The fourth-order valence-corrected chi connectivity index (χ4v) is 2.69. The van der Waals surface area contributed by atoms with Crippen LogP contribution in [-0.4, -0.2) is 12.6 Å². The quantitative estimate of drug-likeness (QED) is 0.402. The van der Waals surface area contributed by atoms with E-state index in [1.807, 2.05) is 78.9 Å². The molecule has 2 nitrogen and oxygen atoms in total. The lowest BCUT2D eigenvalue weighted by Gasteiger charge is -2.10. The van der Waals surface area contributed by atoms with Crippen molar-refractivity contribution in [2.45, 2.75) is 0 Å². The Morgan fingerprint density at radius 3 is 2.04 bits per heavy atom. The molecular weight excluding hydrogens is 376 g/mol. The van der Waals surface area contributed by atoms with Crippen LogP contribution in [0.2, 0.25) is 0 Å². The Hall–Kier alpha value is -2.65. The molecule has 0 atom stereocenters. The van der Waals surface area contributed by atoms with E-state index >= 15 is 0 Å². The van der Waals surface area contributed by atoms with Crippen LogP contribution in [0, 0.1) is 0 Å². The van der Waals surface area contributed by atoms with E-state index in [-0.39, 0.29) is 12.6 Å². The van der Waals surface area contributed by atoms with Crippen molar-refractivity contribution in [1.29, 1.82) is 0 Å². The highest BCUT2D eigenvalue weighted by Crippen LogP contribution is 2.19. The average Bonchev–Trinajstić information content (AvgIpc) is 2.67. The largest absolute Gasteiger partial charge is 0.457 e. The number of esters is 1. The Morgan fingerprint density at radius 1 is 0.800 bits per heavy atom. The molecule has 0 aliphatic heterocycles. The molecule has 25 heavy (non-hydrogen) atoms. The van der Waals surface area contributed by atoms with E-state index < -0.39 is 0 Å². The zero-order chi connectivity index (χ0) is 17.5. The average molecular weight is 393 g/mol. The summed E-state index contributed by atoms with van der Waals surface area (Å²) < 4.78 is 6.46. The minimum absolute atomic E-state index is 0.216. The number of hydrogen-bond acceptors (Lipinski definition) is 2. The summed E-state index contributed by atoms with van der Waals surface area (Å²) in [4.78, 5) is 12.3. The maximum absolute atomic E-state index is 12.3. The third-order valence-electron chi connectivity index (χ3n) is 3.72. The van der Waals surface area contributed by atoms with E-state index in [4.69, 9.17) is 4.74 Å². The highest BCUT2D eigenvalue weighted by molar-refractivity contribution is 9.10. The number of carbonyl (C=O) groups excluding carboxylic acids is 1. The van der Waals surface area contributed by atoms with Gasteiger partial charge in [-0.2, -0.15) is 0 Å². The summed E-state index contributed by atoms with van der Waals surface area (Å²) in [6.07, 6.45) is 2.05. The number of hydrogen-bond donors (Lipinski definition) is 0. The smallest absolute Gasteiger partial charge is 0.338 e. The summed E-state index contributed by atoms with van der Waals surface area (Å²) in [5.74, 6) is -0.331. The van der Waals surface area contributed by atoms with E-state index in [1.165, 1.54) is 0 Å². The van der Waals surface area contributed by atoms with Gasteiger partial charge in [0.25, 0.3) is 0 Å². The molecule has 124 valence electrons. The second-order valence-corrected chi connectivity index (χ2v) is 6.44. The lowest BCUT2D eigenvalue weighted by Crippen LogP contribution is -2.07. The summed E-state index contributed by atoms with van der Waals surface area (Å²) in [6.45, 7) is 0.216. The van der Waals surface area contributed by atoms with E-state index in [0.29, 0.717) is 5.56 Å². The van der Waals surface area contributed by atoms with Gasteiger partial charge in [-0.25, -0.2) is 4.79 Å². The van der Waals surface area contributed by atoms with Crippen LogP contribution in [0.25, 0.3) is 11.6 Å². The predicted molar refractivity (Wildman–Crippen MR) is 105 cm³/mol. The van der Waals surface area contributed by atoms with Crippen LogP contribution >= 0.6 is 15.9 Å². The first kappa shape index (κ1) is 17.2. The number of rotatable bonds is 5. The molecule has 0 saturated carbocycles. The minimum Gasteiger partial charge on any atom is -0.457 e. The van der Waals surface area contributed by atoms with Crippen molar-refractivity contribution in [1.82, 2.24) is 0 Å². The van der Waals surface area contributed by atoms with Crippen LogP contribution in [0.4, 0.5) is 0 Å². The summed E-state index contributed by atoms with van der Waals surface area (Å²) >= 11 is 3.36. The fraction of sp³-hybridized carbons (Fsp3) is 0.0455. The molecule has 0 aliphatic carbocycles.